The van der Waals surface area contributed by atoms with Crippen LogP contribution in [0.3, 0.4) is 0 Å². The van der Waals surface area contributed by atoms with E-state index in [1.165, 1.54) is 0 Å². The number of halogens is 1. The summed E-state index contributed by atoms with van der Waals surface area (Å²) in [5.41, 5.74) is 0.590. The van der Waals surface area contributed by atoms with E-state index in [1.807, 2.05) is 36.4 Å². The molecule has 1 N–H and O–H groups in total. The summed E-state index contributed by atoms with van der Waals surface area (Å²) in [7, 11) is 0. The Labute approximate surface area is 127 Å². The predicted molar refractivity (Wildman–Crippen MR) is 85.0 cm³/mol. The maximum absolute atomic E-state index is 12.0. The molecule has 4 heteroatoms. The Kier molecular flexibility index (Phi) is 3.75. The van der Waals surface area contributed by atoms with Gasteiger partial charge in [-0.1, -0.05) is 54.1 Å². The van der Waals surface area contributed by atoms with Gasteiger partial charge in [0.25, 0.3) is 0 Å². The Hall–Kier alpha value is -2.52. The number of hydrogen-bond acceptors (Lipinski definition) is 2. The average Bonchev–Trinajstić information content (AvgIpc) is 2.47. The van der Waals surface area contributed by atoms with Crippen LogP contribution in [-0.2, 0) is 0 Å². The number of carbonyl (C=O) groups is 1. The topological polar surface area (TPSA) is 38.3 Å². The lowest BCUT2D eigenvalue weighted by molar-refractivity contribution is 0.215. The van der Waals surface area contributed by atoms with Crippen LogP contribution >= 0.6 is 11.6 Å². The van der Waals surface area contributed by atoms with E-state index in [1.54, 1.807) is 30.3 Å². The summed E-state index contributed by atoms with van der Waals surface area (Å²) in [6.07, 6.45) is -0.548. The predicted octanol–water partition coefficient (Wildman–Crippen LogP) is 5.10. The Morgan fingerprint density at radius 1 is 0.952 bits per heavy atom. The molecule has 3 nitrogen and oxygen atoms in total. The van der Waals surface area contributed by atoms with Crippen molar-refractivity contribution in [2.45, 2.75) is 0 Å². The summed E-state index contributed by atoms with van der Waals surface area (Å²) in [4.78, 5) is 12.0. The van der Waals surface area contributed by atoms with Crippen molar-refractivity contribution in [2.24, 2.45) is 0 Å². The Morgan fingerprint density at radius 3 is 2.57 bits per heavy atom. The van der Waals surface area contributed by atoms with E-state index in [2.05, 4.69) is 5.32 Å². The molecule has 0 aliphatic heterocycles. The van der Waals surface area contributed by atoms with Crippen LogP contribution in [-0.4, -0.2) is 6.09 Å². The first-order valence-corrected chi connectivity index (χ1v) is 6.82. The molecule has 3 rings (SSSR count). The van der Waals surface area contributed by atoms with Gasteiger partial charge in [0.05, 0.1) is 0 Å². The molecule has 0 bridgehead atoms. The Morgan fingerprint density at radius 2 is 1.71 bits per heavy atom. The van der Waals surface area contributed by atoms with Crippen molar-refractivity contribution in [1.29, 1.82) is 0 Å². The number of carbonyl (C=O) groups excluding carboxylic acids is 1. The molecule has 0 saturated heterocycles. The van der Waals surface area contributed by atoms with Gasteiger partial charge in [-0.2, -0.15) is 0 Å². The molecule has 0 unspecified atom stereocenters. The van der Waals surface area contributed by atoms with Crippen molar-refractivity contribution in [3.8, 4) is 5.75 Å². The van der Waals surface area contributed by atoms with E-state index in [4.69, 9.17) is 16.3 Å². The smallest absolute Gasteiger partial charge is 0.409 e. The maximum atomic E-state index is 12.0. The third kappa shape index (κ3) is 3.15. The third-order valence-electron chi connectivity index (χ3n) is 3.02. The number of benzene rings is 3. The zero-order valence-corrected chi connectivity index (χ0v) is 11.8. The number of nitrogens with one attached hydrogen (secondary N) is 1. The third-order valence-corrected chi connectivity index (χ3v) is 3.26. The largest absolute Gasteiger partial charge is 0.417 e. The van der Waals surface area contributed by atoms with Crippen molar-refractivity contribution >= 4 is 34.2 Å². The van der Waals surface area contributed by atoms with E-state index in [0.29, 0.717) is 16.5 Å². The van der Waals surface area contributed by atoms with E-state index < -0.39 is 6.09 Å². The number of hydrogen-bond donors (Lipinski definition) is 1. The van der Waals surface area contributed by atoms with Crippen molar-refractivity contribution in [1.82, 2.24) is 0 Å². The highest BCUT2D eigenvalue weighted by Gasteiger charge is 2.08. The van der Waals surface area contributed by atoms with Crippen LogP contribution in [0.4, 0.5) is 10.5 Å². The van der Waals surface area contributed by atoms with Gasteiger partial charge in [-0.25, -0.2) is 4.79 Å². The maximum Gasteiger partial charge on any atom is 0.417 e. The van der Waals surface area contributed by atoms with Crippen molar-refractivity contribution < 1.29 is 9.53 Å². The second-order valence-corrected chi connectivity index (χ2v) is 4.94. The highest BCUT2D eigenvalue weighted by Crippen LogP contribution is 2.25. The second-order valence-electron chi connectivity index (χ2n) is 4.50. The molecule has 0 aliphatic carbocycles. The quantitative estimate of drug-likeness (QED) is 0.714. The van der Waals surface area contributed by atoms with Crippen LogP contribution in [0.1, 0.15) is 0 Å². The molecule has 21 heavy (non-hydrogen) atoms. The SMILES string of the molecule is O=C(Nc1cccc(Cl)c1)Oc1cccc2ccccc12. The fraction of sp³-hybridized carbons (Fsp3) is 0. The zero-order valence-electron chi connectivity index (χ0n) is 11.0. The zero-order chi connectivity index (χ0) is 14.7. The molecular formula is C17H12ClNO2. The summed E-state index contributed by atoms with van der Waals surface area (Å²) >= 11 is 5.87. The normalized spacial score (nSPS) is 10.3. The summed E-state index contributed by atoms with van der Waals surface area (Å²) in [5.74, 6) is 0.521. The van der Waals surface area contributed by atoms with Crippen LogP contribution in [0.25, 0.3) is 10.8 Å². The minimum Gasteiger partial charge on any atom is -0.409 e. The molecule has 0 atom stereocenters. The van der Waals surface area contributed by atoms with Crippen molar-refractivity contribution in [2.75, 3.05) is 5.32 Å². The highest BCUT2D eigenvalue weighted by atomic mass is 35.5. The first-order chi connectivity index (χ1) is 10.2. The minimum atomic E-state index is -0.548. The monoisotopic (exact) mass is 297 g/mol. The molecule has 0 aromatic heterocycles. The van der Waals surface area contributed by atoms with Crippen molar-refractivity contribution in [3.05, 3.63) is 71.8 Å². The number of ether oxygens (including phenoxy) is 1. The van der Waals surface area contributed by atoms with Crippen LogP contribution in [0.5, 0.6) is 5.75 Å². The summed E-state index contributed by atoms with van der Waals surface area (Å²) in [5, 5.41) is 5.11. The van der Waals surface area contributed by atoms with Crippen molar-refractivity contribution in [3.63, 3.8) is 0 Å². The van der Waals surface area contributed by atoms with Crippen LogP contribution in [0.2, 0.25) is 5.02 Å². The lowest BCUT2D eigenvalue weighted by atomic mass is 10.1. The van der Waals surface area contributed by atoms with Gasteiger partial charge in [-0.3, -0.25) is 5.32 Å². The van der Waals surface area contributed by atoms with Gasteiger partial charge in [-0.05, 0) is 29.7 Å². The van der Waals surface area contributed by atoms with E-state index in [0.717, 1.165) is 10.8 Å². The number of rotatable bonds is 2. The van der Waals surface area contributed by atoms with Crippen LogP contribution in [0.15, 0.2) is 66.7 Å². The fourth-order valence-electron chi connectivity index (χ4n) is 2.09. The summed E-state index contributed by atoms with van der Waals surface area (Å²) < 4.78 is 5.38. The molecule has 0 heterocycles. The fourth-order valence-corrected chi connectivity index (χ4v) is 2.28. The van der Waals surface area contributed by atoms with Gasteiger partial charge in [0.15, 0.2) is 0 Å². The Bertz CT molecular complexity index is 796. The number of fused-ring (bicyclic) bond motifs is 1. The van der Waals surface area contributed by atoms with Crippen LogP contribution in [0, 0.1) is 0 Å². The second kappa shape index (κ2) is 5.85. The molecule has 0 spiro atoms. The lowest BCUT2D eigenvalue weighted by Crippen LogP contribution is -2.16. The molecule has 0 fully saturated rings. The summed E-state index contributed by atoms with van der Waals surface area (Å²) in [6.45, 7) is 0. The number of anilines is 1. The molecule has 1 amide bonds. The summed E-state index contributed by atoms with van der Waals surface area (Å²) in [6, 6.07) is 20.2. The van der Waals surface area contributed by atoms with Gasteiger partial charge < -0.3 is 4.74 Å². The average molecular weight is 298 g/mol. The van der Waals surface area contributed by atoms with E-state index in [-0.39, 0.29) is 0 Å². The van der Waals surface area contributed by atoms with Gasteiger partial charge in [0.1, 0.15) is 5.75 Å². The van der Waals surface area contributed by atoms with Gasteiger partial charge >= 0.3 is 6.09 Å². The van der Waals surface area contributed by atoms with Gasteiger partial charge in [0.2, 0.25) is 0 Å². The molecule has 3 aromatic carbocycles. The standard InChI is InChI=1S/C17H12ClNO2/c18-13-7-4-8-14(11-13)19-17(20)21-16-10-3-6-12-5-1-2-9-15(12)16/h1-11H,(H,19,20). The van der Waals surface area contributed by atoms with Gasteiger partial charge in [-0.15, -0.1) is 0 Å². The molecule has 104 valence electrons. The van der Waals surface area contributed by atoms with E-state index >= 15 is 0 Å². The first kappa shape index (κ1) is 13.5. The van der Waals surface area contributed by atoms with E-state index in [9.17, 15) is 4.79 Å². The Balaban J connectivity index is 1.80. The van der Waals surface area contributed by atoms with Crippen LogP contribution < -0.4 is 10.1 Å². The number of amides is 1. The van der Waals surface area contributed by atoms with Gasteiger partial charge in [0, 0.05) is 16.1 Å². The highest BCUT2D eigenvalue weighted by molar-refractivity contribution is 6.30. The molecular weight excluding hydrogens is 286 g/mol. The molecule has 0 saturated carbocycles. The molecule has 3 aromatic rings. The minimum absolute atomic E-state index is 0.521. The lowest BCUT2D eigenvalue weighted by Gasteiger charge is -2.09. The first-order valence-electron chi connectivity index (χ1n) is 6.44. The molecule has 0 radical (unpaired) electrons. The molecule has 0 aliphatic rings.